The fourth-order valence-corrected chi connectivity index (χ4v) is 11.4. The molecule has 0 aromatic heterocycles. The molecule has 0 spiro atoms. The van der Waals surface area contributed by atoms with E-state index < -0.39 is 0 Å². The van der Waals surface area contributed by atoms with E-state index in [4.69, 9.17) is 0 Å². The second-order valence-corrected chi connectivity index (χ2v) is 19.6. The molecule has 2 heterocycles. The van der Waals surface area contributed by atoms with Crippen molar-refractivity contribution in [2.24, 2.45) is 0 Å². The normalized spacial score (nSPS) is 13.8. The quantitative estimate of drug-likeness (QED) is 0.107. The van der Waals surface area contributed by atoms with Gasteiger partial charge in [-0.3, -0.25) is 0 Å². The molecule has 3 heteroatoms. The van der Waals surface area contributed by atoms with Gasteiger partial charge in [-0.15, -0.1) is 0 Å². The van der Waals surface area contributed by atoms with Crippen LogP contribution in [0.1, 0.15) is 101 Å². The van der Waals surface area contributed by atoms with E-state index >= 15 is 0 Å². The summed E-state index contributed by atoms with van der Waals surface area (Å²) >= 11 is 0. The van der Waals surface area contributed by atoms with Gasteiger partial charge in [0.25, 0.3) is 0 Å². The first kappa shape index (κ1) is 42.1. The third-order valence-electron chi connectivity index (χ3n) is 15.0. The molecule has 0 atom stereocenters. The van der Waals surface area contributed by atoms with Gasteiger partial charge in [-0.2, -0.15) is 0 Å². The summed E-state index contributed by atoms with van der Waals surface area (Å²) in [5.74, 6) is 0. The van der Waals surface area contributed by atoms with Crippen LogP contribution in [0, 0.1) is 0 Å². The summed E-state index contributed by atoms with van der Waals surface area (Å²) in [6, 6.07) is 65.9. The minimum Gasteiger partial charge on any atom is -0.376 e. The van der Waals surface area contributed by atoms with E-state index in [1.807, 2.05) is 0 Å². The number of anilines is 5. The van der Waals surface area contributed by atoms with Gasteiger partial charge in [-0.25, -0.2) is 0 Å². The maximum absolute atomic E-state index is 2.71. The van der Waals surface area contributed by atoms with Gasteiger partial charge in [-0.05, 0) is 165 Å². The van der Waals surface area contributed by atoms with Gasteiger partial charge in [0.1, 0.15) is 0 Å². The lowest BCUT2D eigenvalue weighted by Gasteiger charge is -2.46. The number of unbranched alkanes of at least 4 members (excludes halogenated alkanes) is 3. The van der Waals surface area contributed by atoms with E-state index in [9.17, 15) is 0 Å². The summed E-state index contributed by atoms with van der Waals surface area (Å²) in [6.07, 6.45) is 10.3. The summed E-state index contributed by atoms with van der Waals surface area (Å²) in [7, 11) is 0. The van der Waals surface area contributed by atoms with E-state index in [-0.39, 0.29) is 12.3 Å². The molecule has 326 valence electrons. The number of hydrogen-bond acceptors (Lipinski definition) is 2. The lowest BCUT2D eigenvalue weighted by molar-refractivity contribution is 0.660. The molecule has 1 aliphatic carbocycles. The fraction of sp³-hybridized carbons (Fsp3) is 0.238. The summed E-state index contributed by atoms with van der Waals surface area (Å²) < 4.78 is 0. The number of nitrogens with zero attached hydrogens (tertiary/aromatic N) is 2. The molecule has 2 aliphatic heterocycles. The Hall–Kier alpha value is -6.58. The lowest BCUT2D eigenvalue weighted by Crippen LogP contribution is -2.61. The van der Waals surface area contributed by atoms with Crippen LogP contribution >= 0.6 is 0 Å². The Morgan fingerprint density at radius 1 is 0.409 bits per heavy atom. The van der Waals surface area contributed by atoms with Crippen LogP contribution in [0.15, 0.2) is 170 Å². The van der Waals surface area contributed by atoms with Crippen molar-refractivity contribution in [3.63, 3.8) is 0 Å². The summed E-state index contributed by atoms with van der Waals surface area (Å²) in [5, 5.41) is 0. The summed E-state index contributed by atoms with van der Waals surface area (Å²) in [6.45, 7) is 11.7. The highest BCUT2D eigenvalue weighted by molar-refractivity contribution is 6.93. The van der Waals surface area contributed by atoms with Gasteiger partial charge in [0.15, 0.2) is 0 Å². The van der Waals surface area contributed by atoms with Crippen LogP contribution in [0.25, 0.3) is 44.5 Å². The molecule has 8 aromatic rings. The van der Waals surface area contributed by atoms with E-state index in [2.05, 4.69) is 214 Å². The Morgan fingerprint density at radius 2 is 1.00 bits per heavy atom. The van der Waals surface area contributed by atoms with Crippen molar-refractivity contribution in [2.45, 2.75) is 97.8 Å². The molecular weight excluding hydrogens is 796 g/mol. The van der Waals surface area contributed by atoms with Crippen molar-refractivity contribution in [2.75, 3.05) is 9.71 Å². The third kappa shape index (κ3) is 7.10. The molecule has 0 saturated heterocycles. The van der Waals surface area contributed by atoms with Crippen LogP contribution < -0.4 is 20.6 Å². The van der Waals surface area contributed by atoms with Crippen molar-refractivity contribution >= 4 is 46.2 Å². The zero-order chi connectivity index (χ0) is 44.9. The maximum Gasteiger partial charge on any atom is 0.333 e. The highest BCUT2D eigenvalue weighted by Gasteiger charge is 2.47. The second-order valence-electron chi connectivity index (χ2n) is 19.6. The molecule has 0 bridgehead atoms. The number of rotatable bonds is 13. The minimum atomic E-state index is -0.168. The van der Waals surface area contributed by atoms with Crippen LogP contribution in [-0.4, -0.2) is 6.85 Å². The van der Waals surface area contributed by atoms with Crippen LogP contribution in [0.4, 0.5) is 28.4 Å². The molecule has 3 aliphatic rings. The predicted octanol–water partition coefficient (Wildman–Crippen LogP) is 16.1. The van der Waals surface area contributed by atoms with E-state index in [1.54, 1.807) is 0 Å². The van der Waals surface area contributed by atoms with Crippen molar-refractivity contribution in [1.82, 2.24) is 0 Å². The molecule has 0 radical (unpaired) electrons. The SMILES string of the molecule is CCCCc1ccc(N2B3c4cc5c(cc4N(c4ccc(CCCC)cc4-c4ccccc4)c4cc(-c6ccccc6)cc(c43)-c3cc(CCCC)ccc32)C(C)(C)c2ccccc2-5)cc1. The number of benzene rings is 8. The van der Waals surface area contributed by atoms with Crippen molar-refractivity contribution in [3.8, 4) is 44.5 Å². The Kier molecular flexibility index (Phi) is 11.1. The van der Waals surface area contributed by atoms with Crippen molar-refractivity contribution < 1.29 is 0 Å². The molecule has 0 unspecified atom stereocenters. The van der Waals surface area contributed by atoms with Gasteiger partial charge in [0.05, 0.1) is 5.69 Å². The van der Waals surface area contributed by atoms with Crippen LogP contribution in [0.5, 0.6) is 0 Å². The van der Waals surface area contributed by atoms with Crippen LogP contribution in [0.2, 0.25) is 0 Å². The van der Waals surface area contributed by atoms with Gasteiger partial charge in [0.2, 0.25) is 0 Å². The van der Waals surface area contributed by atoms with E-state index in [0.29, 0.717) is 0 Å². The standard InChI is InChI=1S/C63H61BN2/c1-6-9-20-43-29-33-49(34-30-43)66-59-36-32-45(22-11-8-3)38-53(59)54-39-48(46-23-14-12-15-24-46)40-61-62(54)64(66)57-41-52-50-27-18-19-28-55(50)63(4,5)56(52)42-60(57)65(61)58-35-31-44(21-10-7-2)37-51(58)47-25-16-13-17-26-47/h12-19,23-42H,6-11,20-22H2,1-5H3. The Morgan fingerprint density at radius 3 is 1.68 bits per heavy atom. The first-order valence-electron chi connectivity index (χ1n) is 24.9. The van der Waals surface area contributed by atoms with Gasteiger partial charge >= 0.3 is 6.85 Å². The molecule has 11 rings (SSSR count). The molecule has 66 heavy (non-hydrogen) atoms. The Labute approximate surface area is 394 Å². The Bertz CT molecular complexity index is 3070. The molecule has 0 N–H and O–H groups in total. The Balaban J connectivity index is 1.26. The third-order valence-corrected chi connectivity index (χ3v) is 15.0. The van der Waals surface area contributed by atoms with Crippen molar-refractivity contribution in [1.29, 1.82) is 0 Å². The lowest BCUT2D eigenvalue weighted by atomic mass is 9.43. The highest BCUT2D eigenvalue weighted by atomic mass is 15.2. The van der Waals surface area contributed by atoms with Gasteiger partial charge < -0.3 is 9.71 Å². The first-order chi connectivity index (χ1) is 32.4. The number of aryl methyl sites for hydroxylation is 3. The van der Waals surface area contributed by atoms with E-state index in [0.717, 1.165) is 19.3 Å². The zero-order valence-electron chi connectivity index (χ0n) is 39.5. The van der Waals surface area contributed by atoms with E-state index in [1.165, 1.54) is 150 Å². The highest BCUT2D eigenvalue weighted by Crippen LogP contribution is 2.54. The predicted molar refractivity (Wildman–Crippen MR) is 284 cm³/mol. The summed E-state index contributed by atoms with van der Waals surface area (Å²) in [5.41, 5.74) is 26.1. The first-order valence-corrected chi connectivity index (χ1v) is 24.9. The van der Waals surface area contributed by atoms with Crippen LogP contribution in [0.3, 0.4) is 0 Å². The van der Waals surface area contributed by atoms with Crippen molar-refractivity contribution in [3.05, 3.63) is 198 Å². The average molecular weight is 857 g/mol. The fourth-order valence-electron chi connectivity index (χ4n) is 11.4. The maximum atomic E-state index is 2.71. The molecule has 0 saturated carbocycles. The summed E-state index contributed by atoms with van der Waals surface area (Å²) in [4.78, 5) is 5.39. The van der Waals surface area contributed by atoms with Gasteiger partial charge in [-0.1, -0.05) is 169 Å². The average Bonchev–Trinajstić information content (AvgIpc) is 3.59. The number of fused-ring (bicyclic) bond motifs is 7. The topological polar surface area (TPSA) is 6.48 Å². The molecule has 8 aromatic carbocycles. The molecular formula is C63H61BN2. The molecule has 0 amide bonds. The molecule has 2 nitrogen and oxygen atoms in total. The molecule has 0 fully saturated rings. The second kappa shape index (κ2) is 17.3. The monoisotopic (exact) mass is 856 g/mol. The minimum absolute atomic E-state index is 0.0771. The number of hydrogen-bond donors (Lipinski definition) is 0. The largest absolute Gasteiger partial charge is 0.376 e. The smallest absolute Gasteiger partial charge is 0.333 e. The van der Waals surface area contributed by atoms with Crippen LogP contribution in [-0.2, 0) is 24.7 Å². The zero-order valence-corrected chi connectivity index (χ0v) is 39.5. The van der Waals surface area contributed by atoms with Gasteiger partial charge in [0, 0.05) is 39.3 Å².